The highest BCUT2D eigenvalue weighted by Crippen LogP contribution is 2.41. The van der Waals surface area contributed by atoms with Gasteiger partial charge in [-0.15, -0.1) is 0 Å². The Bertz CT molecular complexity index is 1060. The van der Waals surface area contributed by atoms with Crippen molar-refractivity contribution in [1.29, 1.82) is 0 Å². The van der Waals surface area contributed by atoms with E-state index < -0.39 is 17.7 Å². The third-order valence-corrected chi connectivity index (χ3v) is 5.86. The molecule has 1 N–H and O–H groups in total. The molecule has 1 fully saturated rings. The first-order valence-electron chi connectivity index (χ1n) is 10.2. The van der Waals surface area contributed by atoms with Crippen molar-refractivity contribution in [2.45, 2.75) is 31.9 Å². The minimum atomic E-state index is -0.723. The van der Waals surface area contributed by atoms with Gasteiger partial charge in [-0.2, -0.15) is 0 Å². The van der Waals surface area contributed by atoms with Crippen LogP contribution in [0.5, 0.6) is 5.75 Å². The average Bonchev–Trinajstić information content (AvgIpc) is 3.24. The number of hydrogen-bond donors (Lipinski definition) is 1. The summed E-state index contributed by atoms with van der Waals surface area (Å²) in [4.78, 5) is 27.4. The number of fused-ring (bicyclic) bond motifs is 1. The number of Topliss-reactive ketones (excluding diaryl/α,β-unsaturated/α-hetero) is 1. The second-order valence-corrected chi connectivity index (χ2v) is 8.29. The maximum atomic E-state index is 13.0. The predicted octanol–water partition coefficient (Wildman–Crippen LogP) is 4.12. The summed E-state index contributed by atoms with van der Waals surface area (Å²) in [6, 6.07) is 11.6. The number of amides is 1. The quantitative estimate of drug-likeness (QED) is 0.316. The van der Waals surface area contributed by atoms with E-state index in [0.717, 1.165) is 17.7 Å². The third-order valence-electron chi connectivity index (χ3n) is 5.62. The van der Waals surface area contributed by atoms with E-state index in [2.05, 4.69) is 0 Å². The lowest BCUT2D eigenvalue weighted by atomic mass is 9.94. The van der Waals surface area contributed by atoms with Gasteiger partial charge in [0.15, 0.2) is 0 Å². The van der Waals surface area contributed by atoms with Gasteiger partial charge in [0.2, 0.25) is 0 Å². The topological polar surface area (TPSA) is 76.1 Å². The van der Waals surface area contributed by atoms with Crippen molar-refractivity contribution in [1.82, 2.24) is 4.90 Å². The van der Waals surface area contributed by atoms with Crippen molar-refractivity contribution in [3.63, 3.8) is 0 Å². The molecular weight excluding hydrogens is 418 g/mol. The first kappa shape index (κ1) is 21.4. The van der Waals surface area contributed by atoms with Crippen molar-refractivity contribution in [2.75, 3.05) is 20.3 Å². The number of nitrogens with zero attached hydrogens (tertiary/aromatic N) is 1. The SMILES string of the molecule is COCCCN1C(=O)C(=O)C(=C(O)c2ccc3c(c2)C[C@H](C)O3)[C@H]1c1cccc(Cl)c1. The molecule has 2 heterocycles. The molecular formula is C24H24ClNO5. The summed E-state index contributed by atoms with van der Waals surface area (Å²) in [5.74, 6) is -0.763. The average molecular weight is 442 g/mol. The number of methoxy groups -OCH3 is 1. The summed E-state index contributed by atoms with van der Waals surface area (Å²) in [5, 5.41) is 11.7. The molecule has 4 rings (SSSR count). The van der Waals surface area contributed by atoms with Gasteiger partial charge in [0.25, 0.3) is 11.7 Å². The predicted molar refractivity (Wildman–Crippen MR) is 117 cm³/mol. The Morgan fingerprint density at radius 1 is 1.26 bits per heavy atom. The summed E-state index contributed by atoms with van der Waals surface area (Å²) >= 11 is 6.19. The second kappa shape index (κ2) is 8.73. The lowest BCUT2D eigenvalue weighted by molar-refractivity contribution is -0.140. The van der Waals surface area contributed by atoms with E-state index in [1.807, 2.05) is 13.0 Å². The van der Waals surface area contributed by atoms with Crippen molar-refractivity contribution < 1.29 is 24.2 Å². The fraction of sp³-hybridized carbons (Fsp3) is 0.333. The van der Waals surface area contributed by atoms with Gasteiger partial charge in [0.05, 0.1) is 11.6 Å². The number of rotatable bonds is 6. The normalized spacial score (nSPS) is 22.0. The summed E-state index contributed by atoms with van der Waals surface area (Å²) < 4.78 is 10.8. The lowest BCUT2D eigenvalue weighted by Crippen LogP contribution is -2.31. The molecule has 0 bridgehead atoms. The Labute approximate surface area is 186 Å². The van der Waals surface area contributed by atoms with Crippen molar-refractivity contribution >= 4 is 29.1 Å². The molecule has 1 amide bonds. The molecule has 2 aromatic rings. The number of carbonyl (C=O) groups excluding carboxylic acids is 2. The molecule has 1 saturated heterocycles. The molecule has 2 aliphatic rings. The number of aliphatic hydroxyl groups excluding tert-OH is 1. The van der Waals surface area contributed by atoms with Gasteiger partial charge in [0, 0.05) is 37.3 Å². The number of ether oxygens (including phenoxy) is 2. The molecule has 0 aliphatic carbocycles. The lowest BCUT2D eigenvalue weighted by Gasteiger charge is -2.25. The summed E-state index contributed by atoms with van der Waals surface area (Å²) in [7, 11) is 1.58. The Kier molecular flexibility index (Phi) is 6.03. The van der Waals surface area contributed by atoms with Gasteiger partial charge in [-0.05, 0) is 54.8 Å². The minimum absolute atomic E-state index is 0.0604. The Hall–Kier alpha value is -2.83. The molecule has 0 spiro atoms. The third kappa shape index (κ3) is 4.05. The highest BCUT2D eigenvalue weighted by Gasteiger charge is 2.45. The first-order valence-corrected chi connectivity index (χ1v) is 10.6. The summed E-state index contributed by atoms with van der Waals surface area (Å²) in [6.45, 7) is 2.75. The molecule has 7 heteroatoms. The Morgan fingerprint density at radius 2 is 2.06 bits per heavy atom. The van der Waals surface area contributed by atoms with Crippen LogP contribution in [0.25, 0.3) is 5.76 Å². The minimum Gasteiger partial charge on any atom is -0.507 e. The van der Waals surface area contributed by atoms with Crippen LogP contribution in [-0.4, -0.2) is 48.1 Å². The zero-order valence-electron chi connectivity index (χ0n) is 17.4. The maximum absolute atomic E-state index is 13.0. The van der Waals surface area contributed by atoms with Crippen molar-refractivity contribution in [3.05, 3.63) is 69.8 Å². The fourth-order valence-electron chi connectivity index (χ4n) is 4.24. The molecule has 31 heavy (non-hydrogen) atoms. The summed E-state index contributed by atoms with van der Waals surface area (Å²) in [5.41, 5.74) is 2.18. The van der Waals surface area contributed by atoms with E-state index >= 15 is 0 Å². The molecule has 0 unspecified atom stereocenters. The van der Waals surface area contributed by atoms with Crippen LogP contribution in [0.2, 0.25) is 5.02 Å². The van der Waals surface area contributed by atoms with E-state index in [4.69, 9.17) is 21.1 Å². The number of halogens is 1. The number of ketones is 1. The molecule has 0 aromatic heterocycles. The van der Waals surface area contributed by atoms with Crippen molar-refractivity contribution in [3.8, 4) is 5.75 Å². The van der Waals surface area contributed by atoms with Gasteiger partial charge >= 0.3 is 0 Å². The van der Waals surface area contributed by atoms with Crippen LogP contribution in [0.15, 0.2) is 48.0 Å². The number of likely N-dealkylation sites (tertiary alicyclic amines) is 1. The molecule has 2 aromatic carbocycles. The van der Waals surface area contributed by atoms with Gasteiger partial charge < -0.3 is 19.5 Å². The van der Waals surface area contributed by atoms with Gasteiger partial charge in [-0.1, -0.05) is 23.7 Å². The Balaban J connectivity index is 1.80. The highest BCUT2D eigenvalue weighted by atomic mass is 35.5. The van der Waals surface area contributed by atoms with Gasteiger partial charge in [0.1, 0.15) is 17.6 Å². The van der Waals surface area contributed by atoms with Crippen LogP contribution < -0.4 is 4.74 Å². The first-order chi connectivity index (χ1) is 14.9. The number of aliphatic hydroxyl groups is 1. The maximum Gasteiger partial charge on any atom is 0.295 e. The van der Waals surface area contributed by atoms with Crippen LogP contribution >= 0.6 is 11.6 Å². The van der Waals surface area contributed by atoms with Gasteiger partial charge in [-0.3, -0.25) is 9.59 Å². The van der Waals surface area contributed by atoms with Crippen LogP contribution in [0.1, 0.15) is 36.1 Å². The van der Waals surface area contributed by atoms with Crippen LogP contribution in [0.4, 0.5) is 0 Å². The van der Waals surface area contributed by atoms with E-state index in [-0.39, 0.29) is 17.4 Å². The number of carbonyl (C=O) groups is 2. The zero-order chi connectivity index (χ0) is 22.1. The van der Waals surface area contributed by atoms with E-state index in [1.54, 1.807) is 43.5 Å². The van der Waals surface area contributed by atoms with E-state index in [1.165, 1.54) is 4.90 Å². The largest absolute Gasteiger partial charge is 0.507 e. The molecule has 162 valence electrons. The highest BCUT2D eigenvalue weighted by molar-refractivity contribution is 6.46. The van der Waals surface area contributed by atoms with Crippen LogP contribution in [0.3, 0.4) is 0 Å². The fourth-order valence-corrected chi connectivity index (χ4v) is 4.44. The van der Waals surface area contributed by atoms with Crippen LogP contribution in [0, 0.1) is 0 Å². The smallest absolute Gasteiger partial charge is 0.295 e. The molecule has 6 nitrogen and oxygen atoms in total. The van der Waals surface area contributed by atoms with Gasteiger partial charge in [-0.25, -0.2) is 0 Å². The van der Waals surface area contributed by atoms with E-state index in [9.17, 15) is 14.7 Å². The summed E-state index contributed by atoms with van der Waals surface area (Å²) in [6.07, 6.45) is 1.35. The molecule has 2 atom stereocenters. The Morgan fingerprint density at radius 3 is 2.81 bits per heavy atom. The number of benzene rings is 2. The molecule has 2 aliphatic heterocycles. The standard InChI is InChI=1S/C24H24ClNO5/c1-14-11-17-12-16(7-8-19(17)31-14)22(27)20-21(15-5-3-6-18(25)13-15)26(9-4-10-30-2)24(29)23(20)28/h3,5-8,12-14,21,27H,4,9-11H2,1-2H3/t14-,21+/m0/s1. The van der Waals surface area contributed by atoms with Crippen LogP contribution in [-0.2, 0) is 20.7 Å². The second-order valence-electron chi connectivity index (χ2n) is 7.85. The van der Waals surface area contributed by atoms with E-state index in [0.29, 0.717) is 35.7 Å². The number of hydrogen-bond acceptors (Lipinski definition) is 5. The zero-order valence-corrected chi connectivity index (χ0v) is 18.2. The van der Waals surface area contributed by atoms with Crippen molar-refractivity contribution in [2.24, 2.45) is 0 Å². The molecule has 0 radical (unpaired) electrons. The monoisotopic (exact) mass is 441 g/mol. The molecule has 0 saturated carbocycles.